The number of guanidine groups is 2. The van der Waals surface area contributed by atoms with Crippen LogP contribution in [0.15, 0.2) is 34.3 Å². The molecule has 0 spiro atoms. The lowest BCUT2D eigenvalue weighted by Crippen LogP contribution is -2.34. The van der Waals surface area contributed by atoms with Gasteiger partial charge in [0, 0.05) is 6.42 Å². The lowest BCUT2D eigenvalue weighted by Gasteiger charge is -2.10. The van der Waals surface area contributed by atoms with E-state index in [9.17, 15) is 13.2 Å². The maximum absolute atomic E-state index is 12.0. The van der Waals surface area contributed by atoms with Crippen LogP contribution in [-0.2, 0) is 4.84 Å². The molecule has 26 heavy (non-hydrogen) atoms. The first-order valence-corrected chi connectivity index (χ1v) is 7.86. The SMILES string of the molecule is NC(=NC1CC1)N=C(N)NOCCCOc1ccc(OC(F)(F)F)cc1. The third-order valence-electron chi connectivity index (χ3n) is 2.99. The van der Waals surface area contributed by atoms with Gasteiger partial charge in [0.2, 0.25) is 11.9 Å². The largest absolute Gasteiger partial charge is 0.573 e. The van der Waals surface area contributed by atoms with Crippen molar-refractivity contribution in [2.24, 2.45) is 21.5 Å². The molecule has 144 valence electrons. The molecule has 1 aliphatic carbocycles. The molecule has 0 aromatic heterocycles. The zero-order chi connectivity index (χ0) is 19.0. The molecule has 0 unspecified atom stereocenters. The summed E-state index contributed by atoms with van der Waals surface area (Å²) in [5.41, 5.74) is 13.6. The van der Waals surface area contributed by atoms with Gasteiger partial charge >= 0.3 is 6.36 Å². The van der Waals surface area contributed by atoms with E-state index in [1.807, 2.05) is 0 Å². The molecule has 11 heteroatoms. The van der Waals surface area contributed by atoms with Gasteiger partial charge in [-0.3, -0.25) is 4.84 Å². The molecule has 2 rings (SSSR count). The highest BCUT2D eigenvalue weighted by Gasteiger charge is 2.30. The number of rotatable bonds is 8. The van der Waals surface area contributed by atoms with Crippen LogP contribution in [0.1, 0.15) is 19.3 Å². The summed E-state index contributed by atoms with van der Waals surface area (Å²) in [6.45, 7) is 0.564. The van der Waals surface area contributed by atoms with Gasteiger partial charge in [0.1, 0.15) is 11.5 Å². The van der Waals surface area contributed by atoms with Gasteiger partial charge in [0.25, 0.3) is 0 Å². The van der Waals surface area contributed by atoms with Crippen LogP contribution in [0.4, 0.5) is 13.2 Å². The molecule has 0 radical (unpaired) electrons. The van der Waals surface area contributed by atoms with Crippen LogP contribution in [0.25, 0.3) is 0 Å². The average molecular weight is 375 g/mol. The highest BCUT2D eigenvalue weighted by molar-refractivity contribution is 5.92. The summed E-state index contributed by atoms with van der Waals surface area (Å²) < 4.78 is 45.3. The molecule has 0 bridgehead atoms. The molecule has 0 atom stereocenters. The predicted octanol–water partition coefficient (Wildman–Crippen LogP) is 1.67. The summed E-state index contributed by atoms with van der Waals surface area (Å²) in [6, 6.07) is 5.36. The van der Waals surface area contributed by atoms with Gasteiger partial charge < -0.3 is 20.9 Å². The fourth-order valence-corrected chi connectivity index (χ4v) is 1.75. The van der Waals surface area contributed by atoms with Crippen LogP contribution >= 0.6 is 0 Å². The molecule has 1 aromatic rings. The molecule has 5 N–H and O–H groups in total. The van der Waals surface area contributed by atoms with Crippen molar-refractivity contribution >= 4 is 11.9 Å². The van der Waals surface area contributed by atoms with Crippen molar-refractivity contribution in [2.45, 2.75) is 31.7 Å². The number of hydroxylamine groups is 1. The predicted molar refractivity (Wildman–Crippen MR) is 88.6 cm³/mol. The second-order valence-corrected chi connectivity index (χ2v) is 5.39. The molecule has 0 saturated heterocycles. The molecule has 1 aliphatic rings. The number of nitrogens with zero attached hydrogens (tertiary/aromatic N) is 2. The third kappa shape index (κ3) is 8.42. The van der Waals surface area contributed by atoms with Gasteiger partial charge in [-0.15, -0.1) is 13.2 Å². The maximum atomic E-state index is 12.0. The first-order valence-electron chi connectivity index (χ1n) is 7.86. The fourth-order valence-electron chi connectivity index (χ4n) is 1.75. The van der Waals surface area contributed by atoms with Crippen molar-refractivity contribution in [1.82, 2.24) is 5.48 Å². The number of alkyl halides is 3. The van der Waals surface area contributed by atoms with Crippen molar-refractivity contribution in [1.29, 1.82) is 0 Å². The van der Waals surface area contributed by atoms with Gasteiger partial charge in [-0.25, -0.2) is 10.5 Å². The summed E-state index contributed by atoms with van der Waals surface area (Å²) in [7, 11) is 0. The number of hydrogen-bond acceptors (Lipinski definition) is 4. The Morgan fingerprint density at radius 3 is 2.38 bits per heavy atom. The van der Waals surface area contributed by atoms with Gasteiger partial charge in [-0.2, -0.15) is 4.99 Å². The smallest absolute Gasteiger partial charge is 0.494 e. The van der Waals surface area contributed by atoms with Crippen molar-refractivity contribution in [2.75, 3.05) is 13.2 Å². The zero-order valence-corrected chi connectivity index (χ0v) is 13.8. The Morgan fingerprint density at radius 1 is 1.12 bits per heavy atom. The minimum atomic E-state index is -4.72. The summed E-state index contributed by atoms with van der Waals surface area (Å²) in [4.78, 5) is 13.0. The summed E-state index contributed by atoms with van der Waals surface area (Å²) >= 11 is 0. The van der Waals surface area contributed by atoms with Crippen molar-refractivity contribution in [3.05, 3.63) is 24.3 Å². The molecule has 0 aliphatic heterocycles. The van der Waals surface area contributed by atoms with E-state index in [0.717, 1.165) is 12.8 Å². The number of ether oxygens (including phenoxy) is 2. The number of nitrogens with one attached hydrogen (secondary N) is 1. The summed E-state index contributed by atoms with van der Waals surface area (Å²) in [5, 5.41) is 0. The summed E-state index contributed by atoms with van der Waals surface area (Å²) in [5.74, 6) is 0.199. The van der Waals surface area contributed by atoms with E-state index in [1.165, 1.54) is 24.3 Å². The number of benzene rings is 1. The van der Waals surface area contributed by atoms with Gasteiger partial charge in [0.15, 0.2) is 0 Å². The minimum absolute atomic E-state index is 0.00642. The molecular weight excluding hydrogens is 355 g/mol. The number of hydrogen-bond donors (Lipinski definition) is 3. The van der Waals surface area contributed by atoms with E-state index in [4.69, 9.17) is 21.0 Å². The number of halogens is 3. The molecule has 8 nitrogen and oxygen atoms in total. The topological polar surface area (TPSA) is 116 Å². The van der Waals surface area contributed by atoms with E-state index < -0.39 is 6.36 Å². The first kappa shape index (κ1) is 19.6. The minimum Gasteiger partial charge on any atom is -0.494 e. The molecule has 1 fully saturated rings. The van der Waals surface area contributed by atoms with Gasteiger partial charge in [-0.05, 0) is 37.1 Å². The van der Waals surface area contributed by atoms with Crippen LogP contribution in [0.5, 0.6) is 11.5 Å². The van der Waals surface area contributed by atoms with Crippen LogP contribution in [0.3, 0.4) is 0 Å². The maximum Gasteiger partial charge on any atom is 0.573 e. The van der Waals surface area contributed by atoms with Gasteiger partial charge in [0.05, 0.1) is 19.3 Å². The second-order valence-electron chi connectivity index (χ2n) is 5.39. The molecular formula is C15H20F3N5O3. The Balaban J connectivity index is 1.58. The lowest BCUT2D eigenvalue weighted by atomic mass is 10.3. The van der Waals surface area contributed by atoms with Crippen LogP contribution in [0.2, 0.25) is 0 Å². The van der Waals surface area contributed by atoms with E-state index in [0.29, 0.717) is 18.8 Å². The fraction of sp³-hybridized carbons (Fsp3) is 0.467. The van der Waals surface area contributed by atoms with E-state index in [2.05, 4.69) is 20.2 Å². The van der Waals surface area contributed by atoms with E-state index in [-0.39, 0.29) is 30.3 Å². The Morgan fingerprint density at radius 2 is 1.77 bits per heavy atom. The normalized spacial score (nSPS) is 15.7. The Kier molecular flexibility index (Phi) is 6.89. The van der Waals surface area contributed by atoms with Crippen LogP contribution in [-0.4, -0.2) is 37.5 Å². The van der Waals surface area contributed by atoms with Crippen LogP contribution in [0, 0.1) is 0 Å². The quantitative estimate of drug-likeness (QED) is 0.275. The average Bonchev–Trinajstić information content (AvgIpc) is 3.34. The van der Waals surface area contributed by atoms with Crippen molar-refractivity contribution in [3.8, 4) is 11.5 Å². The highest BCUT2D eigenvalue weighted by atomic mass is 19.4. The lowest BCUT2D eigenvalue weighted by molar-refractivity contribution is -0.274. The molecule has 1 aromatic carbocycles. The molecule has 0 amide bonds. The molecule has 1 saturated carbocycles. The first-order chi connectivity index (χ1) is 12.3. The van der Waals surface area contributed by atoms with Crippen molar-refractivity contribution < 1.29 is 27.5 Å². The second kappa shape index (κ2) is 9.13. The zero-order valence-electron chi connectivity index (χ0n) is 13.8. The third-order valence-corrected chi connectivity index (χ3v) is 2.99. The van der Waals surface area contributed by atoms with Crippen molar-refractivity contribution in [3.63, 3.8) is 0 Å². The molecule has 0 heterocycles. The Hall–Kier alpha value is -2.69. The van der Waals surface area contributed by atoms with E-state index in [1.54, 1.807) is 0 Å². The highest BCUT2D eigenvalue weighted by Crippen LogP contribution is 2.24. The monoisotopic (exact) mass is 375 g/mol. The summed E-state index contributed by atoms with van der Waals surface area (Å²) in [6.07, 6.45) is -2.19. The van der Waals surface area contributed by atoms with E-state index >= 15 is 0 Å². The van der Waals surface area contributed by atoms with Gasteiger partial charge in [-0.1, -0.05) is 0 Å². The number of aliphatic imine (C=N–C) groups is 2. The number of nitrogens with two attached hydrogens (primary N) is 2. The Bertz CT molecular complexity index is 630. The van der Waals surface area contributed by atoms with Crippen LogP contribution < -0.4 is 26.4 Å². The Labute approximate surface area is 148 Å². The standard InChI is InChI=1S/C15H20F3N5O3/c16-15(17,18)26-12-6-4-11(5-7-12)24-8-1-9-25-23-14(20)22-13(19)21-10-2-3-10/h4-7,10H,1-3,8-9H2,(H5,19,20,21,22,23).